The summed E-state index contributed by atoms with van der Waals surface area (Å²) in [5.74, 6) is -2.95. The molecule has 218 valence electrons. The van der Waals surface area contributed by atoms with Crippen molar-refractivity contribution in [3.05, 3.63) is 58.7 Å². The maximum atomic E-state index is 17.5. The average Bonchev–Trinajstić information content (AvgIpc) is 3.09. The van der Waals surface area contributed by atoms with Gasteiger partial charge in [0.2, 0.25) is 6.86 Å². The van der Waals surface area contributed by atoms with Crippen LogP contribution in [0.1, 0.15) is 45.6 Å². The van der Waals surface area contributed by atoms with Crippen molar-refractivity contribution >= 4 is 23.4 Å². The van der Waals surface area contributed by atoms with Crippen molar-refractivity contribution < 1.29 is 32.6 Å². The second-order valence-electron chi connectivity index (χ2n) is 12.9. The Hall–Kier alpha value is -2.16. The second-order valence-corrected chi connectivity index (χ2v) is 13.3. The summed E-state index contributed by atoms with van der Waals surface area (Å²) in [7, 11) is 1.90. The molecule has 0 bridgehead atoms. The van der Waals surface area contributed by atoms with Crippen LogP contribution in [0.5, 0.6) is 0 Å². The Morgan fingerprint density at radius 2 is 1.95 bits per heavy atom. The molecule has 0 spiro atoms. The summed E-state index contributed by atoms with van der Waals surface area (Å²) < 4.78 is 51.7. The number of ketones is 1. The number of allylic oxidation sites excluding steroid dienone is 4. The van der Waals surface area contributed by atoms with Crippen LogP contribution in [0.3, 0.4) is 0 Å². The molecule has 0 aliphatic heterocycles. The fourth-order valence-electron chi connectivity index (χ4n) is 8.84. The summed E-state index contributed by atoms with van der Waals surface area (Å²) in [5, 5.41) is 12.2. The predicted octanol–water partition coefficient (Wildman–Crippen LogP) is 5.79. The van der Waals surface area contributed by atoms with Gasteiger partial charge in [-0.2, -0.15) is 0 Å². The van der Waals surface area contributed by atoms with Crippen LogP contribution >= 0.6 is 11.6 Å². The van der Waals surface area contributed by atoms with Crippen LogP contribution in [-0.2, 0) is 20.9 Å². The molecule has 0 radical (unpaired) electrons. The van der Waals surface area contributed by atoms with E-state index < -0.39 is 64.6 Å². The Morgan fingerprint density at radius 1 is 1.23 bits per heavy atom. The summed E-state index contributed by atoms with van der Waals surface area (Å²) in [6, 6.07) is 7.44. The van der Waals surface area contributed by atoms with Gasteiger partial charge >= 0.3 is 5.97 Å². The minimum absolute atomic E-state index is 0.0526. The van der Waals surface area contributed by atoms with Crippen LogP contribution in [0.2, 0.25) is 5.02 Å². The highest BCUT2D eigenvalue weighted by Crippen LogP contribution is 2.73. The lowest BCUT2D eigenvalue weighted by atomic mass is 9.43. The molecule has 0 amide bonds. The number of aliphatic hydroxyl groups is 1. The van der Waals surface area contributed by atoms with Crippen LogP contribution in [-0.4, -0.2) is 60.2 Å². The minimum Gasteiger partial charge on any atom is -0.433 e. The summed E-state index contributed by atoms with van der Waals surface area (Å²) in [6.07, 6.45) is 0.765. The third kappa shape index (κ3) is 4.03. The number of hydrogen-bond donors (Lipinski definition) is 1. The number of alkyl halides is 3. The van der Waals surface area contributed by atoms with E-state index in [4.69, 9.17) is 16.3 Å². The molecular formula is C31H37ClF3NO4. The monoisotopic (exact) mass is 579 g/mol. The first-order chi connectivity index (χ1) is 18.7. The van der Waals surface area contributed by atoms with Gasteiger partial charge in [-0.05, 0) is 92.8 Å². The first-order valence-electron chi connectivity index (χ1n) is 13.8. The van der Waals surface area contributed by atoms with E-state index in [2.05, 4.69) is 0 Å². The topological polar surface area (TPSA) is 66.8 Å². The molecule has 1 N–H and O–H groups in total. The largest absolute Gasteiger partial charge is 0.433 e. The molecule has 4 aliphatic rings. The predicted molar refractivity (Wildman–Crippen MR) is 145 cm³/mol. The molecule has 3 saturated carbocycles. The van der Waals surface area contributed by atoms with Gasteiger partial charge in [-0.1, -0.05) is 36.7 Å². The maximum Gasteiger partial charge on any atom is 0.315 e. The molecule has 40 heavy (non-hydrogen) atoms. The van der Waals surface area contributed by atoms with Crippen molar-refractivity contribution in [2.75, 3.05) is 20.5 Å². The number of carbonyl (C=O) groups is 2. The van der Waals surface area contributed by atoms with E-state index in [9.17, 15) is 19.1 Å². The number of ether oxygens (including phenoxy) is 1. The van der Waals surface area contributed by atoms with E-state index in [0.29, 0.717) is 24.5 Å². The fraction of sp³-hybridized carbons (Fsp3) is 0.613. The Bertz CT molecular complexity index is 1270. The van der Waals surface area contributed by atoms with Crippen molar-refractivity contribution in [1.29, 1.82) is 0 Å². The van der Waals surface area contributed by atoms with Gasteiger partial charge in [-0.15, -0.1) is 0 Å². The van der Waals surface area contributed by atoms with Crippen molar-refractivity contribution in [1.82, 2.24) is 4.90 Å². The zero-order valence-electron chi connectivity index (χ0n) is 23.3. The molecule has 0 heterocycles. The fourth-order valence-corrected chi connectivity index (χ4v) is 9.05. The number of fused-ring (bicyclic) bond motifs is 5. The number of halogens is 4. The lowest BCUT2D eigenvalue weighted by Crippen LogP contribution is -2.69. The average molecular weight is 580 g/mol. The molecule has 4 aliphatic carbocycles. The standard InChI is InChI=1S/C31H37ClF3NO4/c1-28-9-8-21(37)12-24(28)25(34)13-23-22-11-19(16-36(4)15-18-6-5-7-20(32)10-18)30(3,27(39)40-17-33)29(22,2)14-26(38)31(23,28)35/h5-10,12,19,22-23,25-26,38H,11,13-17H2,1-4H3. The normalized spacial score (nSPS) is 42.2. The van der Waals surface area contributed by atoms with E-state index in [1.807, 2.05) is 37.1 Å². The SMILES string of the molecule is CN(Cc1cccc(Cl)c1)CC1CC2C3CC(F)C4=CC(=O)C=CC4(C)C3(F)C(O)CC2(C)C1(C)C(=O)OCF. The number of esters is 1. The van der Waals surface area contributed by atoms with Gasteiger partial charge in [0, 0.05) is 29.4 Å². The molecule has 9 atom stereocenters. The van der Waals surface area contributed by atoms with Crippen molar-refractivity contribution in [3.63, 3.8) is 0 Å². The molecule has 9 heteroatoms. The highest BCUT2D eigenvalue weighted by atomic mass is 35.5. The van der Waals surface area contributed by atoms with Gasteiger partial charge in [0.25, 0.3) is 0 Å². The second kappa shape index (κ2) is 9.99. The quantitative estimate of drug-likeness (QED) is 0.432. The highest BCUT2D eigenvalue weighted by molar-refractivity contribution is 6.30. The van der Waals surface area contributed by atoms with Crippen LogP contribution in [0.15, 0.2) is 48.1 Å². The number of benzene rings is 1. The van der Waals surface area contributed by atoms with Crippen molar-refractivity contribution in [2.45, 2.75) is 64.5 Å². The van der Waals surface area contributed by atoms with E-state index in [1.54, 1.807) is 19.9 Å². The molecule has 1 aromatic rings. The van der Waals surface area contributed by atoms with Gasteiger partial charge in [0.1, 0.15) is 6.17 Å². The Balaban J connectivity index is 1.54. The van der Waals surface area contributed by atoms with Crippen LogP contribution < -0.4 is 0 Å². The molecule has 3 fully saturated rings. The van der Waals surface area contributed by atoms with E-state index in [-0.39, 0.29) is 24.3 Å². The number of rotatable bonds is 6. The summed E-state index contributed by atoms with van der Waals surface area (Å²) in [6.45, 7) is 4.75. The summed E-state index contributed by atoms with van der Waals surface area (Å²) in [4.78, 5) is 27.7. The lowest BCUT2D eigenvalue weighted by molar-refractivity contribution is -0.217. The van der Waals surface area contributed by atoms with Crippen LogP contribution in [0, 0.1) is 34.0 Å². The molecule has 9 unspecified atom stereocenters. The Kier molecular flexibility index (Phi) is 7.32. The molecule has 5 nitrogen and oxygen atoms in total. The first-order valence-corrected chi connectivity index (χ1v) is 14.2. The number of hydrogen-bond acceptors (Lipinski definition) is 5. The number of aliphatic hydroxyl groups excluding tert-OH is 1. The van der Waals surface area contributed by atoms with Crippen molar-refractivity contribution in [3.8, 4) is 0 Å². The Morgan fingerprint density at radius 3 is 2.62 bits per heavy atom. The third-order valence-electron chi connectivity index (χ3n) is 11.0. The van der Waals surface area contributed by atoms with Crippen LogP contribution in [0.4, 0.5) is 13.2 Å². The molecule has 1 aromatic carbocycles. The highest BCUT2D eigenvalue weighted by Gasteiger charge is 2.76. The zero-order valence-corrected chi connectivity index (χ0v) is 24.1. The van der Waals surface area contributed by atoms with E-state index >= 15 is 8.78 Å². The molecule has 5 rings (SSSR count). The minimum atomic E-state index is -2.25. The smallest absolute Gasteiger partial charge is 0.315 e. The Labute approximate surface area is 238 Å². The number of carbonyl (C=O) groups excluding carboxylic acids is 2. The van der Waals surface area contributed by atoms with Gasteiger partial charge in [0.05, 0.1) is 11.5 Å². The molecular weight excluding hydrogens is 543 g/mol. The van der Waals surface area contributed by atoms with Crippen molar-refractivity contribution in [2.24, 2.45) is 34.0 Å². The summed E-state index contributed by atoms with van der Waals surface area (Å²) >= 11 is 6.16. The summed E-state index contributed by atoms with van der Waals surface area (Å²) in [5.41, 5.74) is -5.00. The van der Waals surface area contributed by atoms with E-state index in [0.717, 1.165) is 11.6 Å². The van der Waals surface area contributed by atoms with Crippen LogP contribution in [0.25, 0.3) is 0 Å². The van der Waals surface area contributed by atoms with Gasteiger partial charge in [-0.3, -0.25) is 9.59 Å². The van der Waals surface area contributed by atoms with Gasteiger partial charge in [0.15, 0.2) is 11.5 Å². The first kappa shape index (κ1) is 29.3. The third-order valence-corrected chi connectivity index (χ3v) is 11.3. The zero-order chi connectivity index (χ0) is 29.3. The molecule has 0 aromatic heterocycles. The van der Waals surface area contributed by atoms with Gasteiger partial charge in [-0.25, -0.2) is 13.2 Å². The van der Waals surface area contributed by atoms with Gasteiger partial charge < -0.3 is 14.7 Å². The van der Waals surface area contributed by atoms with E-state index in [1.165, 1.54) is 12.2 Å². The number of nitrogens with zero attached hydrogens (tertiary/aromatic N) is 1. The molecule has 0 saturated heterocycles. The maximum absolute atomic E-state index is 17.5. The lowest BCUT2D eigenvalue weighted by Gasteiger charge is -2.63.